The fraction of sp³-hybridized carbons (Fsp3) is 0.692. The predicted octanol–water partition coefficient (Wildman–Crippen LogP) is 2.07. The topological polar surface area (TPSA) is 52.6 Å². The highest BCUT2D eigenvalue weighted by Gasteiger charge is 1.99. The first kappa shape index (κ1) is 15.5. The molecule has 0 saturated heterocycles. The van der Waals surface area contributed by atoms with Gasteiger partial charge < -0.3 is 9.47 Å². The van der Waals surface area contributed by atoms with Gasteiger partial charge in [0, 0.05) is 11.8 Å². The van der Waals surface area contributed by atoms with Crippen LogP contribution in [0, 0.1) is 11.8 Å². The van der Waals surface area contributed by atoms with Crippen molar-refractivity contribution in [3.8, 4) is 11.8 Å². The molecule has 0 aliphatic heterocycles. The smallest absolute Gasteiger partial charge is 0.384 e. The Morgan fingerprint density at radius 2 is 1.29 bits per heavy atom. The Morgan fingerprint density at radius 3 is 1.76 bits per heavy atom. The van der Waals surface area contributed by atoms with Crippen molar-refractivity contribution in [3.05, 3.63) is 0 Å². The van der Waals surface area contributed by atoms with Gasteiger partial charge in [-0.15, -0.1) is 0 Å². The fourth-order valence-electron chi connectivity index (χ4n) is 1.00. The Morgan fingerprint density at radius 1 is 0.824 bits per heavy atom. The minimum atomic E-state index is -0.677. The lowest BCUT2D eigenvalue weighted by Crippen LogP contribution is -2.06. The number of ether oxygens (including phenoxy) is 2. The Balaban J connectivity index is 3.68. The quantitative estimate of drug-likeness (QED) is 0.296. The van der Waals surface area contributed by atoms with Crippen molar-refractivity contribution in [1.82, 2.24) is 0 Å². The van der Waals surface area contributed by atoms with Gasteiger partial charge in [-0.25, -0.2) is 9.59 Å². The third-order valence-corrected chi connectivity index (χ3v) is 1.98. The summed E-state index contributed by atoms with van der Waals surface area (Å²) in [5.74, 6) is 2.85. The molecule has 0 aliphatic carbocycles. The molecule has 17 heavy (non-hydrogen) atoms. The summed E-state index contributed by atoms with van der Waals surface area (Å²) >= 11 is 0. The second kappa shape index (κ2) is 11.0. The maximum Gasteiger partial charge on any atom is 0.384 e. The van der Waals surface area contributed by atoms with Gasteiger partial charge in [-0.3, -0.25) is 0 Å². The molecule has 0 radical (unpaired) electrons. The van der Waals surface area contributed by atoms with Crippen molar-refractivity contribution in [2.75, 3.05) is 13.2 Å². The highest BCUT2D eigenvalue weighted by molar-refractivity contribution is 5.98. The molecule has 96 valence electrons. The van der Waals surface area contributed by atoms with Crippen LogP contribution in [0.1, 0.15) is 46.0 Å². The second-order valence-electron chi connectivity index (χ2n) is 3.58. The van der Waals surface area contributed by atoms with E-state index in [9.17, 15) is 9.59 Å². The summed E-state index contributed by atoms with van der Waals surface area (Å²) < 4.78 is 9.56. The van der Waals surface area contributed by atoms with Crippen LogP contribution in [0.15, 0.2) is 0 Å². The fourth-order valence-corrected chi connectivity index (χ4v) is 1.00. The first-order valence-corrected chi connectivity index (χ1v) is 6.06. The number of carbonyl (C=O) groups excluding carboxylic acids is 2. The van der Waals surface area contributed by atoms with Gasteiger partial charge in [-0.2, -0.15) is 0 Å². The van der Waals surface area contributed by atoms with E-state index < -0.39 is 11.9 Å². The Hall–Kier alpha value is -1.50. The van der Waals surface area contributed by atoms with Crippen molar-refractivity contribution in [2.24, 2.45) is 0 Å². The standard InChI is InChI=1S/C13H20O4/c1-3-5-7-11-17-13(15)9-8-12(14)16-10-6-4-2/h3-7,10-11H2,1-2H3. The summed E-state index contributed by atoms with van der Waals surface area (Å²) in [6.45, 7) is 4.75. The van der Waals surface area contributed by atoms with Crippen LogP contribution in [-0.4, -0.2) is 25.2 Å². The highest BCUT2D eigenvalue weighted by atomic mass is 16.5. The van der Waals surface area contributed by atoms with Crippen molar-refractivity contribution in [1.29, 1.82) is 0 Å². The van der Waals surface area contributed by atoms with E-state index in [1.54, 1.807) is 0 Å². The maximum absolute atomic E-state index is 11.0. The summed E-state index contributed by atoms with van der Waals surface area (Å²) in [6, 6.07) is 0. The molecule has 0 amide bonds. The molecule has 0 heterocycles. The van der Waals surface area contributed by atoms with Crippen molar-refractivity contribution in [2.45, 2.75) is 46.0 Å². The highest BCUT2D eigenvalue weighted by Crippen LogP contribution is 1.94. The van der Waals surface area contributed by atoms with Gasteiger partial charge >= 0.3 is 11.9 Å². The van der Waals surface area contributed by atoms with Crippen LogP contribution >= 0.6 is 0 Å². The average molecular weight is 240 g/mol. The number of esters is 2. The molecule has 0 aromatic carbocycles. The summed E-state index contributed by atoms with van der Waals surface area (Å²) in [6.07, 6.45) is 4.65. The van der Waals surface area contributed by atoms with E-state index in [1.807, 2.05) is 6.92 Å². The molecule has 0 saturated carbocycles. The van der Waals surface area contributed by atoms with Crippen LogP contribution in [0.5, 0.6) is 0 Å². The molecule has 4 heteroatoms. The van der Waals surface area contributed by atoms with Gasteiger partial charge in [-0.1, -0.05) is 33.1 Å². The van der Waals surface area contributed by atoms with E-state index in [0.29, 0.717) is 13.2 Å². The predicted molar refractivity (Wildman–Crippen MR) is 64.1 cm³/mol. The molecule has 0 aliphatic rings. The number of rotatable bonds is 7. The lowest BCUT2D eigenvalue weighted by atomic mass is 10.3. The van der Waals surface area contributed by atoms with E-state index in [2.05, 4.69) is 18.8 Å². The first-order chi connectivity index (χ1) is 8.20. The number of hydrogen-bond donors (Lipinski definition) is 0. The third kappa shape index (κ3) is 10.8. The summed E-state index contributed by atoms with van der Waals surface area (Å²) in [5.41, 5.74) is 0. The van der Waals surface area contributed by atoms with Crippen LogP contribution in [0.2, 0.25) is 0 Å². The van der Waals surface area contributed by atoms with Crippen molar-refractivity contribution >= 4 is 11.9 Å². The van der Waals surface area contributed by atoms with Gasteiger partial charge in [0.15, 0.2) is 0 Å². The number of carbonyl (C=O) groups is 2. The minimum absolute atomic E-state index is 0.343. The lowest BCUT2D eigenvalue weighted by molar-refractivity contribution is -0.138. The zero-order valence-corrected chi connectivity index (χ0v) is 10.6. The van der Waals surface area contributed by atoms with E-state index >= 15 is 0 Å². The molecule has 0 unspecified atom stereocenters. The molecule has 0 aromatic rings. The molecule has 4 nitrogen and oxygen atoms in total. The molecule has 0 rings (SSSR count). The Bertz CT molecular complexity index is 286. The lowest BCUT2D eigenvalue weighted by Gasteiger charge is -1.98. The van der Waals surface area contributed by atoms with E-state index in [4.69, 9.17) is 9.47 Å². The SMILES string of the molecule is CCCCCOC(=O)C#CC(=O)OCCCC. The summed E-state index contributed by atoms with van der Waals surface area (Å²) in [4.78, 5) is 22.0. The molecular formula is C13H20O4. The van der Waals surface area contributed by atoms with Gasteiger partial charge in [0.25, 0.3) is 0 Å². The van der Waals surface area contributed by atoms with Crippen molar-refractivity contribution in [3.63, 3.8) is 0 Å². The average Bonchev–Trinajstić information content (AvgIpc) is 2.32. The van der Waals surface area contributed by atoms with Crippen molar-refractivity contribution < 1.29 is 19.1 Å². The van der Waals surface area contributed by atoms with Gasteiger partial charge in [-0.05, 0) is 12.8 Å². The third-order valence-electron chi connectivity index (χ3n) is 1.98. The zero-order chi connectivity index (χ0) is 12.9. The molecule has 0 atom stereocenters. The van der Waals surface area contributed by atoms with Crippen LogP contribution in [0.4, 0.5) is 0 Å². The molecule has 0 bridgehead atoms. The monoisotopic (exact) mass is 240 g/mol. The number of hydrogen-bond acceptors (Lipinski definition) is 4. The van der Waals surface area contributed by atoms with Gasteiger partial charge in [0.1, 0.15) is 0 Å². The summed E-state index contributed by atoms with van der Waals surface area (Å²) in [7, 11) is 0. The van der Waals surface area contributed by atoms with Crippen LogP contribution in [0.25, 0.3) is 0 Å². The van der Waals surface area contributed by atoms with Crippen LogP contribution in [0.3, 0.4) is 0 Å². The van der Waals surface area contributed by atoms with E-state index in [-0.39, 0.29) is 0 Å². The maximum atomic E-state index is 11.0. The molecule has 0 spiro atoms. The second-order valence-corrected chi connectivity index (χ2v) is 3.58. The van der Waals surface area contributed by atoms with Gasteiger partial charge in [0.05, 0.1) is 13.2 Å². The Kier molecular flexibility index (Phi) is 10.0. The van der Waals surface area contributed by atoms with Crippen LogP contribution in [-0.2, 0) is 19.1 Å². The molecule has 0 fully saturated rings. The molecular weight excluding hydrogens is 220 g/mol. The molecule has 0 N–H and O–H groups in total. The first-order valence-electron chi connectivity index (χ1n) is 6.06. The minimum Gasteiger partial charge on any atom is -0.456 e. The van der Waals surface area contributed by atoms with Crippen LogP contribution < -0.4 is 0 Å². The van der Waals surface area contributed by atoms with E-state index in [1.165, 1.54) is 0 Å². The normalized spacial score (nSPS) is 9.06. The summed E-state index contributed by atoms with van der Waals surface area (Å²) in [5, 5.41) is 0. The largest absolute Gasteiger partial charge is 0.456 e. The van der Waals surface area contributed by atoms with E-state index in [0.717, 1.165) is 32.1 Å². The molecule has 0 aromatic heterocycles. The Labute approximate surface area is 103 Å². The number of unbranched alkanes of at least 4 members (excludes halogenated alkanes) is 3. The van der Waals surface area contributed by atoms with Gasteiger partial charge in [0.2, 0.25) is 0 Å². The zero-order valence-electron chi connectivity index (χ0n) is 10.6.